The third-order valence-electron chi connectivity index (χ3n) is 3.04. The lowest BCUT2D eigenvalue weighted by atomic mass is 10.1. The zero-order valence-corrected chi connectivity index (χ0v) is 12.3. The molecule has 0 saturated carbocycles. The molecule has 2 N–H and O–H groups in total. The lowest BCUT2D eigenvalue weighted by molar-refractivity contribution is 0.324. The van der Waals surface area contributed by atoms with E-state index in [1.807, 2.05) is 13.0 Å². The van der Waals surface area contributed by atoms with Crippen molar-refractivity contribution in [1.29, 1.82) is 0 Å². The van der Waals surface area contributed by atoms with Crippen molar-refractivity contribution in [3.63, 3.8) is 0 Å². The van der Waals surface area contributed by atoms with Crippen molar-refractivity contribution in [2.45, 2.75) is 31.7 Å². The fraction of sp³-hybridized carbons (Fsp3) is 0.571. The molecule has 0 amide bonds. The Morgan fingerprint density at radius 3 is 2.56 bits per heavy atom. The molecule has 2 nitrogen and oxygen atoms in total. The molecule has 102 valence electrons. The summed E-state index contributed by atoms with van der Waals surface area (Å²) in [4.78, 5) is 3.04. The van der Waals surface area contributed by atoms with Gasteiger partial charge in [0, 0.05) is 23.2 Å². The Balaban J connectivity index is 2.66. The van der Waals surface area contributed by atoms with Gasteiger partial charge in [0.1, 0.15) is 5.82 Å². The van der Waals surface area contributed by atoms with Gasteiger partial charge in [-0.2, -0.15) is 0 Å². The fourth-order valence-electron chi connectivity index (χ4n) is 1.85. The zero-order chi connectivity index (χ0) is 13.5. The predicted molar refractivity (Wildman–Crippen MR) is 77.5 cm³/mol. The van der Waals surface area contributed by atoms with E-state index in [0.717, 1.165) is 31.0 Å². The van der Waals surface area contributed by atoms with E-state index in [1.54, 1.807) is 17.8 Å². The number of thioether (sulfide) groups is 1. The van der Waals surface area contributed by atoms with E-state index >= 15 is 0 Å². The van der Waals surface area contributed by atoms with Crippen LogP contribution in [-0.4, -0.2) is 30.3 Å². The summed E-state index contributed by atoms with van der Waals surface area (Å²) in [5, 5.41) is 0. The second kappa shape index (κ2) is 7.77. The number of hydrogen-bond acceptors (Lipinski definition) is 3. The quantitative estimate of drug-likeness (QED) is 0.771. The summed E-state index contributed by atoms with van der Waals surface area (Å²) in [6.07, 6.45) is 0. The van der Waals surface area contributed by atoms with Crippen molar-refractivity contribution in [3.8, 4) is 0 Å². The van der Waals surface area contributed by atoms with Crippen molar-refractivity contribution in [2.24, 2.45) is 5.73 Å². The Kier molecular flexibility index (Phi) is 6.68. The van der Waals surface area contributed by atoms with E-state index in [-0.39, 0.29) is 11.9 Å². The largest absolute Gasteiger partial charge is 0.324 e. The van der Waals surface area contributed by atoms with Crippen LogP contribution in [0.4, 0.5) is 4.39 Å². The van der Waals surface area contributed by atoms with Crippen molar-refractivity contribution >= 4 is 11.8 Å². The Hall–Kier alpha value is -0.580. The highest BCUT2D eigenvalue weighted by Gasteiger charge is 2.12. The predicted octanol–water partition coefficient (Wildman–Crippen LogP) is 3.28. The van der Waals surface area contributed by atoms with E-state index in [2.05, 4.69) is 18.7 Å². The molecule has 0 spiro atoms. The lowest BCUT2D eigenvalue weighted by Gasteiger charge is -2.18. The van der Waals surface area contributed by atoms with E-state index in [0.29, 0.717) is 4.90 Å². The Bertz CT molecular complexity index is 365. The van der Waals surface area contributed by atoms with E-state index in [1.165, 1.54) is 6.07 Å². The van der Waals surface area contributed by atoms with E-state index in [4.69, 9.17) is 5.73 Å². The second-order valence-electron chi connectivity index (χ2n) is 4.32. The van der Waals surface area contributed by atoms with Crippen LogP contribution in [0.3, 0.4) is 0 Å². The van der Waals surface area contributed by atoms with E-state index in [9.17, 15) is 4.39 Å². The van der Waals surface area contributed by atoms with E-state index < -0.39 is 0 Å². The van der Waals surface area contributed by atoms with Gasteiger partial charge in [-0.05, 0) is 31.6 Å². The molecule has 0 bridgehead atoms. The van der Waals surface area contributed by atoms with Gasteiger partial charge < -0.3 is 10.6 Å². The van der Waals surface area contributed by atoms with Gasteiger partial charge in [0.2, 0.25) is 0 Å². The van der Waals surface area contributed by atoms with Crippen LogP contribution in [-0.2, 0) is 0 Å². The monoisotopic (exact) mass is 270 g/mol. The average Bonchev–Trinajstić information content (AvgIpc) is 2.36. The minimum absolute atomic E-state index is 0.128. The maximum Gasteiger partial charge on any atom is 0.137 e. The second-order valence-corrected chi connectivity index (χ2v) is 5.43. The summed E-state index contributed by atoms with van der Waals surface area (Å²) in [6.45, 7) is 9.23. The van der Waals surface area contributed by atoms with Crippen LogP contribution < -0.4 is 5.73 Å². The minimum Gasteiger partial charge on any atom is -0.324 e. The molecule has 0 radical (unpaired) electrons. The molecule has 0 heterocycles. The van der Waals surface area contributed by atoms with Crippen LogP contribution in [0.15, 0.2) is 23.1 Å². The van der Waals surface area contributed by atoms with Crippen molar-refractivity contribution < 1.29 is 4.39 Å². The third-order valence-corrected chi connectivity index (χ3v) is 4.14. The van der Waals surface area contributed by atoms with Crippen molar-refractivity contribution in [2.75, 3.05) is 25.4 Å². The molecule has 0 aromatic heterocycles. The molecule has 0 fully saturated rings. The van der Waals surface area contributed by atoms with Crippen LogP contribution >= 0.6 is 11.8 Å². The van der Waals surface area contributed by atoms with Gasteiger partial charge >= 0.3 is 0 Å². The number of rotatable bonds is 7. The molecule has 0 aliphatic carbocycles. The van der Waals surface area contributed by atoms with Crippen LogP contribution in [0.25, 0.3) is 0 Å². The molecular formula is C14H23FN2S. The molecule has 1 atom stereocenters. The van der Waals surface area contributed by atoms with Crippen LogP contribution in [0.2, 0.25) is 0 Å². The first-order valence-corrected chi connectivity index (χ1v) is 7.47. The number of hydrogen-bond donors (Lipinski definition) is 1. The molecular weight excluding hydrogens is 247 g/mol. The summed E-state index contributed by atoms with van der Waals surface area (Å²) in [7, 11) is 0. The first kappa shape index (κ1) is 15.5. The number of halogens is 1. The Labute approximate surface area is 114 Å². The Morgan fingerprint density at radius 1 is 1.33 bits per heavy atom. The van der Waals surface area contributed by atoms with Gasteiger partial charge in [-0.3, -0.25) is 0 Å². The summed E-state index contributed by atoms with van der Waals surface area (Å²) in [5.41, 5.74) is 6.78. The molecule has 1 rings (SSSR count). The first-order valence-electron chi connectivity index (χ1n) is 6.49. The highest BCUT2D eigenvalue weighted by atomic mass is 32.2. The Morgan fingerprint density at radius 2 is 2.00 bits per heavy atom. The average molecular weight is 270 g/mol. The number of nitrogens with two attached hydrogens (primary N) is 1. The molecule has 1 aromatic rings. The summed E-state index contributed by atoms with van der Waals surface area (Å²) in [6, 6.07) is 5.01. The zero-order valence-electron chi connectivity index (χ0n) is 11.4. The molecule has 1 aromatic carbocycles. The maximum atomic E-state index is 13.8. The number of benzene rings is 1. The lowest BCUT2D eigenvalue weighted by Crippen LogP contribution is -2.25. The molecule has 0 aliphatic heterocycles. The topological polar surface area (TPSA) is 29.3 Å². The first-order chi connectivity index (χ1) is 8.60. The van der Waals surface area contributed by atoms with Crippen LogP contribution in [0.1, 0.15) is 32.4 Å². The summed E-state index contributed by atoms with van der Waals surface area (Å²) in [5.74, 6) is 0.733. The van der Waals surface area contributed by atoms with Gasteiger partial charge in [-0.1, -0.05) is 26.0 Å². The van der Waals surface area contributed by atoms with Crippen LogP contribution in [0, 0.1) is 5.82 Å². The summed E-state index contributed by atoms with van der Waals surface area (Å²) >= 11 is 1.56. The summed E-state index contributed by atoms with van der Waals surface area (Å²) < 4.78 is 13.8. The van der Waals surface area contributed by atoms with Crippen LogP contribution in [0.5, 0.6) is 0 Å². The smallest absolute Gasteiger partial charge is 0.137 e. The molecule has 0 saturated heterocycles. The third kappa shape index (κ3) is 4.26. The van der Waals surface area contributed by atoms with Gasteiger partial charge in [-0.15, -0.1) is 11.8 Å². The highest BCUT2D eigenvalue weighted by molar-refractivity contribution is 7.99. The molecule has 0 unspecified atom stereocenters. The minimum atomic E-state index is -0.158. The van der Waals surface area contributed by atoms with Crippen molar-refractivity contribution in [3.05, 3.63) is 29.6 Å². The normalized spacial score (nSPS) is 13.0. The molecule has 4 heteroatoms. The van der Waals surface area contributed by atoms with Gasteiger partial charge in [0.25, 0.3) is 0 Å². The fourth-order valence-corrected chi connectivity index (χ4v) is 3.03. The SMILES string of the molecule is CCN(CC)CCSc1c(F)cccc1[C@H](C)N. The standard InChI is InChI=1S/C14H23FN2S/c1-4-17(5-2)9-10-18-14-12(11(3)16)7-6-8-13(14)15/h6-8,11H,4-5,9-10,16H2,1-3H3/t11-/m0/s1. The molecule has 18 heavy (non-hydrogen) atoms. The number of nitrogens with zero attached hydrogens (tertiary/aromatic N) is 1. The highest BCUT2D eigenvalue weighted by Crippen LogP contribution is 2.29. The van der Waals surface area contributed by atoms with Gasteiger partial charge in [-0.25, -0.2) is 4.39 Å². The van der Waals surface area contributed by atoms with Crippen molar-refractivity contribution in [1.82, 2.24) is 4.90 Å². The van der Waals surface area contributed by atoms with Gasteiger partial charge in [0.15, 0.2) is 0 Å². The molecule has 0 aliphatic rings. The maximum absolute atomic E-state index is 13.8. The van der Waals surface area contributed by atoms with Gasteiger partial charge in [0.05, 0.1) is 0 Å².